The fraction of sp³-hybridized carbons (Fsp3) is 0.0714. The fourth-order valence-electron chi connectivity index (χ4n) is 1.78. The summed E-state index contributed by atoms with van der Waals surface area (Å²) in [5.74, 6) is -0.434. The van der Waals surface area contributed by atoms with Gasteiger partial charge >= 0.3 is 5.97 Å². The molecular formula is C14H10N2O7. The second-order valence-electron chi connectivity index (χ2n) is 4.28. The Morgan fingerprint density at radius 1 is 0.957 bits per heavy atom. The lowest BCUT2D eigenvalue weighted by atomic mass is 10.1. The monoisotopic (exact) mass is 318 g/mol. The van der Waals surface area contributed by atoms with Gasteiger partial charge in [-0.15, -0.1) is 0 Å². The molecule has 0 aliphatic carbocycles. The third-order valence-corrected chi connectivity index (χ3v) is 2.85. The molecule has 0 aliphatic rings. The number of ether oxygens (including phenoxy) is 2. The van der Waals surface area contributed by atoms with Crippen molar-refractivity contribution in [1.82, 2.24) is 0 Å². The van der Waals surface area contributed by atoms with E-state index in [1.807, 2.05) is 0 Å². The zero-order valence-electron chi connectivity index (χ0n) is 11.8. The van der Waals surface area contributed by atoms with E-state index >= 15 is 0 Å². The normalized spacial score (nSPS) is 9.96. The molecule has 9 nitrogen and oxygen atoms in total. The number of carbonyl (C=O) groups excluding carboxylic acids is 1. The number of methoxy groups -OCH3 is 1. The Labute approximate surface area is 129 Å². The van der Waals surface area contributed by atoms with Gasteiger partial charge in [0.05, 0.1) is 17.0 Å². The molecule has 2 aromatic rings. The Bertz CT molecular complexity index is 771. The first-order chi connectivity index (χ1) is 10.9. The SMILES string of the molecule is COC(=O)c1cc(Oc2ccc([N+](=O)[O-])cc2)ccc1[N+](=O)[O-]. The van der Waals surface area contributed by atoms with E-state index in [1.165, 1.54) is 36.4 Å². The molecule has 2 rings (SSSR count). The number of rotatable bonds is 5. The van der Waals surface area contributed by atoms with E-state index < -0.39 is 21.5 Å². The lowest BCUT2D eigenvalue weighted by Gasteiger charge is -2.07. The van der Waals surface area contributed by atoms with Gasteiger partial charge in [0.1, 0.15) is 17.1 Å². The maximum Gasteiger partial charge on any atom is 0.345 e. The number of esters is 1. The van der Waals surface area contributed by atoms with Gasteiger partial charge in [0, 0.05) is 24.3 Å². The summed E-state index contributed by atoms with van der Waals surface area (Å²) in [5.41, 5.74) is -0.763. The molecule has 118 valence electrons. The summed E-state index contributed by atoms with van der Waals surface area (Å²) in [6.07, 6.45) is 0. The van der Waals surface area contributed by atoms with Gasteiger partial charge < -0.3 is 9.47 Å². The molecule has 0 fully saturated rings. The lowest BCUT2D eigenvalue weighted by molar-refractivity contribution is -0.385. The van der Waals surface area contributed by atoms with E-state index in [9.17, 15) is 25.0 Å². The summed E-state index contributed by atoms with van der Waals surface area (Å²) >= 11 is 0. The molecule has 2 aromatic carbocycles. The molecule has 0 heterocycles. The van der Waals surface area contributed by atoms with Gasteiger partial charge in [-0.1, -0.05) is 0 Å². The van der Waals surface area contributed by atoms with Crippen molar-refractivity contribution in [3.63, 3.8) is 0 Å². The van der Waals surface area contributed by atoms with Crippen LogP contribution >= 0.6 is 0 Å². The van der Waals surface area contributed by atoms with Crippen molar-refractivity contribution in [2.45, 2.75) is 0 Å². The van der Waals surface area contributed by atoms with Crippen LogP contribution in [0.15, 0.2) is 42.5 Å². The lowest BCUT2D eigenvalue weighted by Crippen LogP contribution is -2.05. The quantitative estimate of drug-likeness (QED) is 0.471. The van der Waals surface area contributed by atoms with E-state index in [1.54, 1.807) is 0 Å². The molecule has 0 saturated carbocycles. The Morgan fingerprint density at radius 3 is 2.09 bits per heavy atom. The van der Waals surface area contributed by atoms with Crippen LogP contribution < -0.4 is 4.74 Å². The van der Waals surface area contributed by atoms with Gasteiger partial charge in [-0.2, -0.15) is 0 Å². The number of nitrogens with zero attached hydrogens (tertiary/aromatic N) is 2. The summed E-state index contributed by atoms with van der Waals surface area (Å²) in [4.78, 5) is 31.8. The largest absolute Gasteiger partial charge is 0.465 e. The minimum absolute atomic E-state index is 0.101. The molecule has 0 N–H and O–H groups in total. The molecule has 0 aromatic heterocycles. The Kier molecular flexibility index (Phi) is 4.50. The van der Waals surface area contributed by atoms with Crippen LogP contribution in [0.3, 0.4) is 0 Å². The molecule has 0 spiro atoms. The van der Waals surface area contributed by atoms with E-state index in [2.05, 4.69) is 4.74 Å². The molecule has 9 heteroatoms. The van der Waals surface area contributed by atoms with Gasteiger partial charge in [0.25, 0.3) is 11.4 Å². The Hall–Kier alpha value is -3.49. The number of benzene rings is 2. The second-order valence-corrected chi connectivity index (χ2v) is 4.28. The number of nitro groups is 2. The summed E-state index contributed by atoms with van der Waals surface area (Å²) in [5, 5.41) is 21.5. The van der Waals surface area contributed by atoms with Crippen LogP contribution in [0.25, 0.3) is 0 Å². The number of nitro benzene ring substituents is 2. The smallest absolute Gasteiger partial charge is 0.345 e. The van der Waals surface area contributed by atoms with Crippen LogP contribution in [0.1, 0.15) is 10.4 Å². The van der Waals surface area contributed by atoms with E-state index in [0.717, 1.165) is 13.2 Å². The first-order valence-electron chi connectivity index (χ1n) is 6.21. The van der Waals surface area contributed by atoms with Crippen molar-refractivity contribution in [3.05, 3.63) is 68.3 Å². The minimum atomic E-state index is -0.870. The van der Waals surface area contributed by atoms with Crippen LogP contribution in [-0.4, -0.2) is 22.9 Å². The molecule has 0 aliphatic heterocycles. The van der Waals surface area contributed by atoms with Gasteiger partial charge in [0.15, 0.2) is 0 Å². The zero-order chi connectivity index (χ0) is 17.0. The average Bonchev–Trinajstić information content (AvgIpc) is 2.54. The second kappa shape index (κ2) is 6.52. The summed E-state index contributed by atoms with van der Waals surface area (Å²) in [7, 11) is 1.11. The minimum Gasteiger partial charge on any atom is -0.465 e. The van der Waals surface area contributed by atoms with Gasteiger partial charge in [-0.05, 0) is 18.2 Å². The van der Waals surface area contributed by atoms with Crippen LogP contribution in [0.2, 0.25) is 0 Å². The average molecular weight is 318 g/mol. The van der Waals surface area contributed by atoms with Crippen molar-refractivity contribution in [2.75, 3.05) is 7.11 Å². The predicted molar refractivity (Wildman–Crippen MR) is 77.6 cm³/mol. The highest BCUT2D eigenvalue weighted by Gasteiger charge is 2.22. The van der Waals surface area contributed by atoms with Crippen molar-refractivity contribution >= 4 is 17.3 Å². The summed E-state index contributed by atoms with van der Waals surface area (Å²) in [6.45, 7) is 0. The highest BCUT2D eigenvalue weighted by atomic mass is 16.6. The van der Waals surface area contributed by atoms with Crippen LogP contribution in [0.5, 0.6) is 11.5 Å². The van der Waals surface area contributed by atoms with E-state index in [-0.39, 0.29) is 22.7 Å². The Morgan fingerprint density at radius 2 is 1.57 bits per heavy atom. The van der Waals surface area contributed by atoms with Gasteiger partial charge in [-0.3, -0.25) is 20.2 Å². The first kappa shape index (κ1) is 15.9. The number of non-ortho nitro benzene ring substituents is 1. The highest BCUT2D eigenvalue weighted by molar-refractivity contribution is 5.94. The molecule has 0 saturated heterocycles. The third-order valence-electron chi connectivity index (χ3n) is 2.85. The van der Waals surface area contributed by atoms with Crippen LogP contribution in [-0.2, 0) is 4.74 Å². The predicted octanol–water partition coefficient (Wildman–Crippen LogP) is 3.08. The van der Waals surface area contributed by atoms with Crippen LogP contribution in [0, 0.1) is 20.2 Å². The molecule has 0 radical (unpaired) electrons. The molecule has 0 amide bonds. The number of hydrogen-bond acceptors (Lipinski definition) is 7. The number of hydrogen-bond donors (Lipinski definition) is 0. The maximum atomic E-state index is 11.6. The summed E-state index contributed by atoms with van der Waals surface area (Å²) in [6, 6.07) is 8.85. The van der Waals surface area contributed by atoms with Crippen molar-refractivity contribution in [1.29, 1.82) is 0 Å². The molecular weight excluding hydrogens is 308 g/mol. The van der Waals surface area contributed by atoms with Crippen molar-refractivity contribution in [3.8, 4) is 11.5 Å². The first-order valence-corrected chi connectivity index (χ1v) is 6.21. The molecule has 0 bridgehead atoms. The van der Waals surface area contributed by atoms with Gasteiger partial charge in [0.2, 0.25) is 0 Å². The maximum absolute atomic E-state index is 11.6. The van der Waals surface area contributed by atoms with E-state index in [0.29, 0.717) is 0 Å². The fourth-order valence-corrected chi connectivity index (χ4v) is 1.78. The van der Waals surface area contributed by atoms with Crippen LogP contribution in [0.4, 0.5) is 11.4 Å². The number of carbonyl (C=O) groups is 1. The molecule has 0 unspecified atom stereocenters. The Balaban J connectivity index is 2.31. The van der Waals surface area contributed by atoms with E-state index in [4.69, 9.17) is 4.74 Å². The molecule has 23 heavy (non-hydrogen) atoms. The highest BCUT2D eigenvalue weighted by Crippen LogP contribution is 2.29. The standard InChI is InChI=1S/C14H10N2O7/c1-22-14(17)12-8-11(6-7-13(12)16(20)21)23-10-4-2-9(3-5-10)15(18)19/h2-8H,1H3. The topological polar surface area (TPSA) is 122 Å². The van der Waals surface area contributed by atoms with Crippen molar-refractivity contribution < 1.29 is 24.1 Å². The zero-order valence-corrected chi connectivity index (χ0v) is 11.8. The third kappa shape index (κ3) is 3.59. The van der Waals surface area contributed by atoms with Gasteiger partial charge in [-0.25, -0.2) is 4.79 Å². The molecule has 0 atom stereocenters. The summed E-state index contributed by atoms with van der Waals surface area (Å²) < 4.78 is 9.93. The van der Waals surface area contributed by atoms with Crippen molar-refractivity contribution in [2.24, 2.45) is 0 Å².